The van der Waals surface area contributed by atoms with Crippen molar-refractivity contribution in [1.29, 1.82) is 0 Å². The lowest BCUT2D eigenvalue weighted by molar-refractivity contribution is 0.866. The largest absolute Gasteiger partial charge is 0.385 e. The fraction of sp³-hybridized carbons (Fsp3) is 0.333. The number of anilines is 1. The predicted octanol–water partition coefficient (Wildman–Crippen LogP) is 4.53. The highest BCUT2D eigenvalue weighted by molar-refractivity contribution is 7.09. The molecule has 2 rings (SSSR count). The molecule has 0 aliphatic carbocycles. The van der Waals surface area contributed by atoms with Gasteiger partial charge < -0.3 is 5.32 Å². The number of hydrogen-bond donors (Lipinski definition) is 1. The monoisotopic (exact) mass is 245 g/mol. The maximum Gasteiger partial charge on any atom is 0.0343 e. The van der Waals surface area contributed by atoms with Crippen LogP contribution in [0.15, 0.2) is 41.8 Å². The van der Waals surface area contributed by atoms with Crippen LogP contribution in [0.5, 0.6) is 0 Å². The molecule has 0 aliphatic rings. The molecule has 0 saturated carbocycles. The molecule has 0 atom stereocenters. The molecule has 2 heteroatoms. The van der Waals surface area contributed by atoms with E-state index in [0.29, 0.717) is 5.92 Å². The summed E-state index contributed by atoms with van der Waals surface area (Å²) in [5.74, 6) is 0.592. The first-order valence-electron chi connectivity index (χ1n) is 6.12. The van der Waals surface area contributed by atoms with Crippen LogP contribution in [0.25, 0.3) is 0 Å². The molecule has 1 nitrogen and oxygen atoms in total. The minimum Gasteiger partial charge on any atom is -0.385 e. The molecule has 90 valence electrons. The Labute approximate surface area is 108 Å². The van der Waals surface area contributed by atoms with Gasteiger partial charge >= 0.3 is 0 Å². The van der Waals surface area contributed by atoms with E-state index in [-0.39, 0.29) is 0 Å². The summed E-state index contributed by atoms with van der Waals surface area (Å²) in [5, 5.41) is 5.62. The smallest absolute Gasteiger partial charge is 0.0343 e. The third-order valence-corrected chi connectivity index (χ3v) is 3.77. The Kier molecular flexibility index (Phi) is 4.21. The van der Waals surface area contributed by atoms with Gasteiger partial charge in [-0.15, -0.1) is 11.3 Å². The van der Waals surface area contributed by atoms with Gasteiger partial charge in [0.05, 0.1) is 0 Å². The van der Waals surface area contributed by atoms with E-state index in [1.165, 1.54) is 16.1 Å². The standard InChI is InChI=1S/C15H19NS/c1-12(2)13-5-3-6-14(11-13)16-9-8-15-7-4-10-17-15/h3-7,10-12,16H,8-9H2,1-2H3. The average Bonchev–Trinajstić information content (AvgIpc) is 2.82. The van der Waals surface area contributed by atoms with Crippen molar-refractivity contribution < 1.29 is 0 Å². The van der Waals surface area contributed by atoms with E-state index in [2.05, 4.69) is 60.9 Å². The van der Waals surface area contributed by atoms with Gasteiger partial charge in [-0.25, -0.2) is 0 Å². The average molecular weight is 245 g/mol. The Bertz CT molecular complexity index is 446. The first kappa shape index (κ1) is 12.2. The fourth-order valence-corrected chi connectivity index (χ4v) is 2.50. The molecular weight excluding hydrogens is 226 g/mol. The van der Waals surface area contributed by atoms with Gasteiger partial charge in [-0.1, -0.05) is 32.0 Å². The zero-order valence-corrected chi connectivity index (χ0v) is 11.3. The van der Waals surface area contributed by atoms with Gasteiger partial charge in [-0.3, -0.25) is 0 Å². The van der Waals surface area contributed by atoms with E-state index in [0.717, 1.165) is 13.0 Å². The normalized spacial score (nSPS) is 10.8. The van der Waals surface area contributed by atoms with Gasteiger partial charge in [0.1, 0.15) is 0 Å². The van der Waals surface area contributed by atoms with Crippen LogP contribution in [-0.4, -0.2) is 6.54 Å². The summed E-state index contributed by atoms with van der Waals surface area (Å²) in [7, 11) is 0. The summed E-state index contributed by atoms with van der Waals surface area (Å²) in [6.07, 6.45) is 1.10. The van der Waals surface area contributed by atoms with Crippen LogP contribution < -0.4 is 5.32 Å². The van der Waals surface area contributed by atoms with Gasteiger partial charge in [0.2, 0.25) is 0 Å². The van der Waals surface area contributed by atoms with E-state index < -0.39 is 0 Å². The van der Waals surface area contributed by atoms with E-state index in [4.69, 9.17) is 0 Å². The molecule has 1 heterocycles. The quantitative estimate of drug-likeness (QED) is 0.816. The number of benzene rings is 1. The first-order chi connectivity index (χ1) is 8.25. The Hall–Kier alpha value is -1.28. The SMILES string of the molecule is CC(C)c1cccc(NCCc2cccs2)c1. The molecule has 1 aromatic carbocycles. The minimum atomic E-state index is 0.592. The molecular formula is C15H19NS. The minimum absolute atomic E-state index is 0.592. The number of nitrogens with one attached hydrogen (secondary N) is 1. The third-order valence-electron chi connectivity index (χ3n) is 2.83. The fourth-order valence-electron chi connectivity index (χ4n) is 1.79. The predicted molar refractivity (Wildman–Crippen MR) is 77.0 cm³/mol. The second-order valence-electron chi connectivity index (χ2n) is 4.54. The van der Waals surface area contributed by atoms with Crippen LogP contribution in [0, 0.1) is 0 Å². The van der Waals surface area contributed by atoms with Crippen molar-refractivity contribution in [2.75, 3.05) is 11.9 Å². The summed E-state index contributed by atoms with van der Waals surface area (Å²) < 4.78 is 0. The Morgan fingerprint density at radius 3 is 2.76 bits per heavy atom. The van der Waals surface area contributed by atoms with Gasteiger partial charge in [-0.05, 0) is 41.5 Å². The van der Waals surface area contributed by atoms with E-state index in [1.807, 2.05) is 11.3 Å². The van der Waals surface area contributed by atoms with Crippen LogP contribution in [0.2, 0.25) is 0 Å². The molecule has 0 amide bonds. The Balaban J connectivity index is 1.88. The number of rotatable bonds is 5. The van der Waals surface area contributed by atoms with Crippen LogP contribution >= 0.6 is 11.3 Å². The second kappa shape index (κ2) is 5.87. The van der Waals surface area contributed by atoms with Gasteiger partial charge in [0.25, 0.3) is 0 Å². The summed E-state index contributed by atoms with van der Waals surface area (Å²) in [5.41, 5.74) is 2.62. The summed E-state index contributed by atoms with van der Waals surface area (Å²) in [6, 6.07) is 13.0. The molecule has 0 bridgehead atoms. The Morgan fingerprint density at radius 1 is 1.18 bits per heavy atom. The summed E-state index contributed by atoms with van der Waals surface area (Å²) in [6.45, 7) is 5.46. The van der Waals surface area contributed by atoms with Crippen LogP contribution in [-0.2, 0) is 6.42 Å². The zero-order chi connectivity index (χ0) is 12.1. The van der Waals surface area contributed by atoms with E-state index in [1.54, 1.807) is 0 Å². The zero-order valence-electron chi connectivity index (χ0n) is 10.4. The van der Waals surface area contributed by atoms with Crippen molar-refractivity contribution in [3.8, 4) is 0 Å². The molecule has 0 spiro atoms. The molecule has 0 aliphatic heterocycles. The van der Waals surface area contributed by atoms with Crippen molar-refractivity contribution in [2.45, 2.75) is 26.2 Å². The highest BCUT2D eigenvalue weighted by Gasteiger charge is 2.00. The maximum atomic E-state index is 3.48. The number of thiophene rings is 1. The number of hydrogen-bond acceptors (Lipinski definition) is 2. The van der Waals surface area contributed by atoms with Crippen molar-refractivity contribution in [1.82, 2.24) is 0 Å². The Morgan fingerprint density at radius 2 is 2.06 bits per heavy atom. The first-order valence-corrected chi connectivity index (χ1v) is 7.00. The van der Waals surface area contributed by atoms with Crippen molar-refractivity contribution in [3.63, 3.8) is 0 Å². The molecule has 1 aromatic heterocycles. The molecule has 0 saturated heterocycles. The second-order valence-corrected chi connectivity index (χ2v) is 5.57. The molecule has 2 aromatic rings. The lowest BCUT2D eigenvalue weighted by Gasteiger charge is -2.09. The van der Waals surface area contributed by atoms with Crippen molar-refractivity contribution in [3.05, 3.63) is 52.2 Å². The van der Waals surface area contributed by atoms with E-state index in [9.17, 15) is 0 Å². The van der Waals surface area contributed by atoms with Gasteiger partial charge in [-0.2, -0.15) is 0 Å². The lowest BCUT2D eigenvalue weighted by atomic mass is 10.0. The molecule has 0 fully saturated rings. The van der Waals surface area contributed by atoms with Crippen molar-refractivity contribution in [2.24, 2.45) is 0 Å². The lowest BCUT2D eigenvalue weighted by Crippen LogP contribution is -2.04. The summed E-state index contributed by atoms with van der Waals surface area (Å²) >= 11 is 1.83. The maximum absolute atomic E-state index is 3.48. The summed E-state index contributed by atoms with van der Waals surface area (Å²) in [4.78, 5) is 1.44. The van der Waals surface area contributed by atoms with Crippen molar-refractivity contribution >= 4 is 17.0 Å². The third kappa shape index (κ3) is 3.60. The highest BCUT2D eigenvalue weighted by Crippen LogP contribution is 2.18. The molecule has 1 N–H and O–H groups in total. The van der Waals surface area contributed by atoms with Gasteiger partial charge in [0.15, 0.2) is 0 Å². The van der Waals surface area contributed by atoms with Crippen LogP contribution in [0.4, 0.5) is 5.69 Å². The molecule has 0 unspecified atom stereocenters. The molecule has 17 heavy (non-hydrogen) atoms. The van der Waals surface area contributed by atoms with E-state index >= 15 is 0 Å². The van der Waals surface area contributed by atoms with Crippen LogP contribution in [0.1, 0.15) is 30.2 Å². The topological polar surface area (TPSA) is 12.0 Å². The van der Waals surface area contributed by atoms with Crippen LogP contribution in [0.3, 0.4) is 0 Å². The van der Waals surface area contributed by atoms with Gasteiger partial charge in [0, 0.05) is 17.1 Å². The molecule has 0 radical (unpaired) electrons. The highest BCUT2D eigenvalue weighted by atomic mass is 32.1.